The zero-order chi connectivity index (χ0) is 16.7. The average Bonchev–Trinajstić information content (AvgIpc) is 3.29. The molecule has 4 rings (SSSR count). The Hall–Kier alpha value is -2.35. The van der Waals surface area contributed by atoms with Crippen LogP contribution in [0.4, 0.5) is 0 Å². The summed E-state index contributed by atoms with van der Waals surface area (Å²) in [5.74, 6) is 1.75. The third-order valence-corrected chi connectivity index (χ3v) is 4.79. The molecule has 4 heterocycles. The molecule has 1 atom stereocenters. The molecule has 1 saturated heterocycles. The number of H-pyrrole nitrogens is 2. The van der Waals surface area contributed by atoms with E-state index in [1.54, 1.807) is 11.8 Å². The Bertz CT molecular complexity index is 812. The number of hydrogen-bond acceptors (Lipinski definition) is 5. The maximum absolute atomic E-state index is 12.5. The Morgan fingerprint density at radius 3 is 3.00 bits per heavy atom. The number of hydrogen-bond donors (Lipinski definition) is 2. The van der Waals surface area contributed by atoms with Crippen LogP contribution in [0, 0.1) is 6.92 Å². The first-order chi connectivity index (χ1) is 11.6. The second kappa shape index (κ2) is 5.94. The highest BCUT2D eigenvalue weighted by Crippen LogP contribution is 2.29. The van der Waals surface area contributed by atoms with Gasteiger partial charge >= 0.3 is 0 Å². The molecule has 1 fully saturated rings. The average molecular weight is 332 g/mol. The van der Waals surface area contributed by atoms with Crippen molar-refractivity contribution in [3.8, 4) is 0 Å². The largest absolute Gasteiger partial charge is 0.445 e. The van der Waals surface area contributed by atoms with Gasteiger partial charge in [-0.15, -0.1) is 0 Å². The molecule has 8 nitrogen and oxygen atoms in total. The lowest BCUT2D eigenvalue weighted by molar-refractivity contribution is -0.131. The lowest BCUT2D eigenvalue weighted by Crippen LogP contribution is -2.37. The van der Waals surface area contributed by atoms with Crippen molar-refractivity contribution in [3.05, 3.63) is 39.0 Å². The SMILES string of the molecule is Cc1[nH][nH]c(=O)c1CC(=O)N1CCc2oc(C3CCOC3)nc2C1. The van der Waals surface area contributed by atoms with Gasteiger partial charge in [0.2, 0.25) is 5.91 Å². The zero-order valence-electron chi connectivity index (χ0n) is 13.6. The molecule has 24 heavy (non-hydrogen) atoms. The Morgan fingerprint density at radius 2 is 2.29 bits per heavy atom. The molecule has 1 unspecified atom stereocenters. The number of carbonyl (C=O) groups is 1. The van der Waals surface area contributed by atoms with E-state index in [0.29, 0.717) is 37.4 Å². The lowest BCUT2D eigenvalue weighted by atomic mass is 10.1. The van der Waals surface area contributed by atoms with Crippen molar-refractivity contribution >= 4 is 5.91 Å². The Morgan fingerprint density at radius 1 is 1.42 bits per heavy atom. The maximum atomic E-state index is 12.5. The number of amides is 1. The van der Waals surface area contributed by atoms with Crippen molar-refractivity contribution in [1.82, 2.24) is 20.1 Å². The van der Waals surface area contributed by atoms with Crippen molar-refractivity contribution in [2.45, 2.75) is 38.6 Å². The molecular formula is C16H20N4O4. The summed E-state index contributed by atoms with van der Waals surface area (Å²) in [5.41, 5.74) is 1.80. The van der Waals surface area contributed by atoms with Gasteiger partial charge in [-0.05, 0) is 13.3 Å². The molecular weight excluding hydrogens is 312 g/mol. The topological polar surface area (TPSA) is 104 Å². The van der Waals surface area contributed by atoms with Gasteiger partial charge in [-0.3, -0.25) is 14.7 Å². The normalized spacial score (nSPS) is 20.4. The fourth-order valence-corrected chi connectivity index (χ4v) is 3.28. The van der Waals surface area contributed by atoms with Crippen molar-refractivity contribution < 1.29 is 13.9 Å². The van der Waals surface area contributed by atoms with Crippen LogP contribution in [0.1, 0.15) is 40.9 Å². The Kier molecular flexibility index (Phi) is 3.76. The van der Waals surface area contributed by atoms with Crippen LogP contribution < -0.4 is 5.56 Å². The summed E-state index contributed by atoms with van der Waals surface area (Å²) in [6.07, 6.45) is 1.68. The number of nitrogens with one attached hydrogen (secondary N) is 2. The number of nitrogens with zero attached hydrogens (tertiary/aromatic N) is 2. The summed E-state index contributed by atoms with van der Waals surface area (Å²) in [6, 6.07) is 0. The number of fused-ring (bicyclic) bond motifs is 1. The fraction of sp³-hybridized carbons (Fsp3) is 0.562. The highest BCUT2D eigenvalue weighted by Gasteiger charge is 2.29. The molecule has 0 bridgehead atoms. The number of aryl methyl sites for hydroxylation is 1. The maximum Gasteiger partial charge on any atom is 0.267 e. The van der Waals surface area contributed by atoms with E-state index in [0.717, 1.165) is 30.4 Å². The van der Waals surface area contributed by atoms with E-state index in [4.69, 9.17) is 9.15 Å². The first kappa shape index (κ1) is 15.2. The quantitative estimate of drug-likeness (QED) is 0.858. The van der Waals surface area contributed by atoms with Crippen LogP contribution in [-0.2, 0) is 28.9 Å². The number of aromatic amines is 2. The highest BCUT2D eigenvalue weighted by atomic mass is 16.5. The lowest BCUT2D eigenvalue weighted by Gasteiger charge is -2.25. The van der Waals surface area contributed by atoms with Crippen molar-refractivity contribution in [3.63, 3.8) is 0 Å². The summed E-state index contributed by atoms with van der Waals surface area (Å²) in [5, 5.41) is 5.25. The minimum absolute atomic E-state index is 0.0670. The van der Waals surface area contributed by atoms with Crippen LogP contribution >= 0.6 is 0 Å². The van der Waals surface area contributed by atoms with Crippen molar-refractivity contribution in [2.75, 3.05) is 19.8 Å². The van der Waals surface area contributed by atoms with Gasteiger partial charge in [0.1, 0.15) is 11.5 Å². The van der Waals surface area contributed by atoms with Gasteiger partial charge in [0.15, 0.2) is 5.89 Å². The molecule has 2 aromatic heterocycles. The van der Waals surface area contributed by atoms with E-state index in [-0.39, 0.29) is 23.8 Å². The number of carbonyl (C=O) groups excluding carboxylic acids is 1. The number of ether oxygens (including phenoxy) is 1. The van der Waals surface area contributed by atoms with Crippen molar-refractivity contribution in [2.24, 2.45) is 0 Å². The van der Waals surface area contributed by atoms with Crippen LogP contribution in [0.25, 0.3) is 0 Å². The van der Waals surface area contributed by atoms with E-state index in [1.165, 1.54) is 0 Å². The standard InChI is InChI=1S/C16H20N4O4/c1-9-11(15(22)19-18-9)6-14(21)20-4-2-13-12(7-20)17-16(24-13)10-3-5-23-8-10/h10H,2-8H2,1H3,(H2,18,19,22). The van der Waals surface area contributed by atoms with Gasteiger partial charge in [0.05, 0.1) is 25.5 Å². The van der Waals surface area contributed by atoms with E-state index >= 15 is 0 Å². The summed E-state index contributed by atoms with van der Waals surface area (Å²) >= 11 is 0. The Balaban J connectivity index is 1.47. The van der Waals surface area contributed by atoms with Gasteiger partial charge in [0.25, 0.3) is 5.56 Å². The number of rotatable bonds is 3. The highest BCUT2D eigenvalue weighted by molar-refractivity contribution is 5.79. The predicted octanol–water partition coefficient (Wildman–Crippen LogP) is 0.631. The molecule has 2 aromatic rings. The van der Waals surface area contributed by atoms with E-state index in [1.807, 2.05) is 0 Å². The van der Waals surface area contributed by atoms with E-state index in [9.17, 15) is 9.59 Å². The molecule has 128 valence electrons. The van der Waals surface area contributed by atoms with Crippen molar-refractivity contribution in [1.29, 1.82) is 0 Å². The molecule has 0 aromatic carbocycles. The third kappa shape index (κ3) is 2.66. The molecule has 8 heteroatoms. The van der Waals surface area contributed by atoms with Gasteiger partial charge in [-0.2, -0.15) is 0 Å². The van der Waals surface area contributed by atoms with Crippen LogP contribution in [0.15, 0.2) is 9.21 Å². The van der Waals surface area contributed by atoms with Crippen LogP contribution in [-0.4, -0.2) is 45.7 Å². The smallest absolute Gasteiger partial charge is 0.267 e. The zero-order valence-corrected chi connectivity index (χ0v) is 13.6. The van der Waals surface area contributed by atoms with Crippen LogP contribution in [0.5, 0.6) is 0 Å². The predicted molar refractivity (Wildman–Crippen MR) is 83.7 cm³/mol. The van der Waals surface area contributed by atoms with Gasteiger partial charge < -0.3 is 19.2 Å². The van der Waals surface area contributed by atoms with Crippen LogP contribution in [0.3, 0.4) is 0 Å². The monoisotopic (exact) mass is 332 g/mol. The summed E-state index contributed by atoms with van der Waals surface area (Å²) < 4.78 is 11.3. The second-order valence-electron chi connectivity index (χ2n) is 6.41. The molecule has 2 aliphatic heterocycles. The molecule has 1 amide bonds. The van der Waals surface area contributed by atoms with E-state index in [2.05, 4.69) is 15.2 Å². The second-order valence-corrected chi connectivity index (χ2v) is 6.41. The van der Waals surface area contributed by atoms with Gasteiger partial charge in [0, 0.05) is 30.8 Å². The Labute approximate surface area is 138 Å². The number of aromatic nitrogens is 3. The van der Waals surface area contributed by atoms with Crippen LogP contribution in [0.2, 0.25) is 0 Å². The van der Waals surface area contributed by atoms with Gasteiger partial charge in [-0.25, -0.2) is 4.98 Å². The molecule has 2 N–H and O–H groups in total. The number of oxazole rings is 1. The minimum Gasteiger partial charge on any atom is -0.445 e. The molecule has 0 radical (unpaired) electrons. The third-order valence-electron chi connectivity index (χ3n) is 4.79. The summed E-state index contributed by atoms with van der Waals surface area (Å²) in [6.45, 7) is 4.20. The van der Waals surface area contributed by atoms with Gasteiger partial charge in [-0.1, -0.05) is 0 Å². The van der Waals surface area contributed by atoms with E-state index < -0.39 is 0 Å². The minimum atomic E-state index is -0.233. The molecule has 0 aliphatic carbocycles. The fourth-order valence-electron chi connectivity index (χ4n) is 3.28. The molecule has 2 aliphatic rings. The summed E-state index contributed by atoms with van der Waals surface area (Å²) in [4.78, 5) is 30.6. The molecule has 0 saturated carbocycles. The summed E-state index contributed by atoms with van der Waals surface area (Å²) in [7, 11) is 0. The first-order valence-electron chi connectivity index (χ1n) is 8.22. The first-order valence-corrected chi connectivity index (χ1v) is 8.22. The molecule has 0 spiro atoms.